The van der Waals surface area contributed by atoms with Crippen LogP contribution in [0.3, 0.4) is 0 Å². The van der Waals surface area contributed by atoms with Crippen LogP contribution in [0.4, 0.5) is 10.7 Å². The minimum atomic E-state index is -3.20. The van der Waals surface area contributed by atoms with Gasteiger partial charge >= 0.3 is 6.09 Å². The number of hydrogen-bond donors (Lipinski definition) is 1. The second kappa shape index (κ2) is 8.27. The average molecular weight is 440 g/mol. The molecule has 0 unspecified atom stereocenters. The molecule has 0 bridgehead atoms. The first kappa shape index (κ1) is 21.3. The highest BCUT2D eigenvalue weighted by molar-refractivity contribution is 7.88. The van der Waals surface area contributed by atoms with Gasteiger partial charge in [-0.3, -0.25) is 0 Å². The molecule has 4 rings (SSSR count). The van der Waals surface area contributed by atoms with Crippen LogP contribution in [0.2, 0.25) is 0 Å². The van der Waals surface area contributed by atoms with Crippen molar-refractivity contribution in [3.8, 4) is 0 Å². The Morgan fingerprint density at radius 2 is 2.10 bits per heavy atom. The normalized spacial score (nSPS) is 25.7. The van der Waals surface area contributed by atoms with Gasteiger partial charge in [-0.25, -0.2) is 23.2 Å². The highest BCUT2D eigenvalue weighted by Gasteiger charge is 2.33. The van der Waals surface area contributed by atoms with Crippen LogP contribution < -0.4 is 4.90 Å². The highest BCUT2D eigenvalue weighted by atomic mass is 32.2. The summed E-state index contributed by atoms with van der Waals surface area (Å²) in [5, 5.41) is 9.17. The van der Waals surface area contributed by atoms with Crippen molar-refractivity contribution in [3.05, 3.63) is 17.5 Å². The maximum atomic E-state index is 11.7. The highest BCUT2D eigenvalue weighted by Crippen LogP contribution is 2.26. The van der Waals surface area contributed by atoms with E-state index in [2.05, 4.69) is 14.9 Å². The SMILES string of the molecule is C[C@@H]1C[C@H](COC2CN(c3ncc4c(n3)CCN(S(C)(=O)=O)C4)C2)CCN1C(=O)O. The number of fused-ring (bicyclic) bond motifs is 1. The number of amides is 1. The summed E-state index contributed by atoms with van der Waals surface area (Å²) in [7, 11) is -3.20. The molecule has 0 spiro atoms. The first-order chi connectivity index (χ1) is 14.2. The molecular formula is C19H29N5O5S. The van der Waals surface area contributed by atoms with Crippen molar-refractivity contribution in [1.29, 1.82) is 0 Å². The zero-order valence-corrected chi connectivity index (χ0v) is 18.2. The summed E-state index contributed by atoms with van der Waals surface area (Å²) < 4.78 is 31.0. The van der Waals surface area contributed by atoms with E-state index < -0.39 is 16.1 Å². The van der Waals surface area contributed by atoms with Gasteiger partial charge in [-0.1, -0.05) is 0 Å². The molecule has 3 aliphatic rings. The van der Waals surface area contributed by atoms with Crippen LogP contribution in [0.1, 0.15) is 31.0 Å². The molecule has 1 aromatic rings. The summed E-state index contributed by atoms with van der Waals surface area (Å²) in [6, 6.07) is 0.0326. The van der Waals surface area contributed by atoms with Crippen LogP contribution in [-0.4, -0.2) is 90.0 Å². The van der Waals surface area contributed by atoms with Crippen LogP contribution in [0.5, 0.6) is 0 Å². The van der Waals surface area contributed by atoms with Gasteiger partial charge in [-0.2, -0.15) is 4.31 Å². The van der Waals surface area contributed by atoms with Crippen molar-refractivity contribution in [2.24, 2.45) is 5.92 Å². The van der Waals surface area contributed by atoms with Crippen molar-refractivity contribution in [2.75, 3.05) is 43.9 Å². The van der Waals surface area contributed by atoms with E-state index in [-0.39, 0.29) is 12.1 Å². The predicted molar refractivity (Wildman–Crippen MR) is 110 cm³/mol. The van der Waals surface area contributed by atoms with Crippen molar-refractivity contribution in [3.63, 3.8) is 0 Å². The quantitative estimate of drug-likeness (QED) is 0.715. The van der Waals surface area contributed by atoms with Gasteiger partial charge in [0.15, 0.2) is 0 Å². The number of anilines is 1. The van der Waals surface area contributed by atoms with Crippen molar-refractivity contribution in [2.45, 2.75) is 44.9 Å². The maximum absolute atomic E-state index is 11.7. The van der Waals surface area contributed by atoms with Crippen LogP contribution in [0.25, 0.3) is 0 Å². The van der Waals surface area contributed by atoms with Crippen LogP contribution >= 0.6 is 0 Å². The van der Waals surface area contributed by atoms with E-state index in [1.54, 1.807) is 6.20 Å². The predicted octanol–water partition coefficient (Wildman–Crippen LogP) is 0.778. The molecule has 0 saturated carbocycles. The lowest BCUT2D eigenvalue weighted by atomic mass is 9.92. The number of piperidine rings is 1. The third-order valence-electron chi connectivity index (χ3n) is 6.28. The zero-order valence-electron chi connectivity index (χ0n) is 17.4. The van der Waals surface area contributed by atoms with E-state index in [0.717, 1.165) is 37.2 Å². The maximum Gasteiger partial charge on any atom is 0.407 e. The van der Waals surface area contributed by atoms with Crippen LogP contribution in [0, 0.1) is 5.92 Å². The fourth-order valence-corrected chi connectivity index (χ4v) is 5.20. The number of likely N-dealkylation sites (tertiary alicyclic amines) is 1. The summed E-state index contributed by atoms with van der Waals surface area (Å²) in [5.74, 6) is 1.06. The molecule has 166 valence electrons. The molecule has 2 saturated heterocycles. The van der Waals surface area contributed by atoms with Crippen LogP contribution in [0.15, 0.2) is 6.20 Å². The topological polar surface area (TPSA) is 116 Å². The van der Waals surface area contributed by atoms with Gasteiger partial charge in [0.05, 0.1) is 24.7 Å². The standard InChI is InChI=1S/C19H29N5O5S/c1-13-7-14(3-6-24(13)19(25)26)12-29-16-10-22(11-16)18-20-8-15-9-23(30(2,27)28)5-4-17(15)21-18/h8,13-14,16H,3-7,9-12H2,1-2H3,(H,25,26)/t13-,14-/m1/s1. The Labute approximate surface area is 176 Å². The van der Waals surface area contributed by atoms with Gasteiger partial charge in [-0.05, 0) is 25.7 Å². The molecule has 2 fully saturated rings. The van der Waals surface area contributed by atoms with Crippen molar-refractivity contribution < 1.29 is 23.1 Å². The molecule has 1 N–H and O–H groups in total. The summed E-state index contributed by atoms with van der Waals surface area (Å²) in [5.41, 5.74) is 1.79. The van der Waals surface area contributed by atoms with E-state index >= 15 is 0 Å². The summed E-state index contributed by atoms with van der Waals surface area (Å²) in [6.45, 7) is 5.43. The summed E-state index contributed by atoms with van der Waals surface area (Å²) in [6.07, 6.45) is 4.53. The Kier molecular flexibility index (Phi) is 5.86. The summed E-state index contributed by atoms with van der Waals surface area (Å²) in [4.78, 5) is 23.8. The van der Waals surface area contributed by atoms with Gasteiger partial charge in [-0.15, -0.1) is 0 Å². The first-order valence-electron chi connectivity index (χ1n) is 10.4. The molecule has 0 radical (unpaired) electrons. The number of nitrogens with zero attached hydrogens (tertiary/aromatic N) is 5. The Morgan fingerprint density at radius 3 is 2.77 bits per heavy atom. The molecule has 0 aromatic carbocycles. The minimum Gasteiger partial charge on any atom is -0.465 e. The largest absolute Gasteiger partial charge is 0.465 e. The van der Waals surface area contributed by atoms with Crippen molar-refractivity contribution in [1.82, 2.24) is 19.2 Å². The fourth-order valence-electron chi connectivity index (χ4n) is 4.40. The molecule has 11 heteroatoms. The van der Waals surface area contributed by atoms with Gasteiger partial charge < -0.3 is 19.6 Å². The van der Waals surface area contributed by atoms with Gasteiger partial charge in [0, 0.05) is 56.9 Å². The second-order valence-electron chi connectivity index (χ2n) is 8.56. The third kappa shape index (κ3) is 4.52. The average Bonchev–Trinajstić information content (AvgIpc) is 2.65. The third-order valence-corrected chi connectivity index (χ3v) is 7.53. The smallest absolute Gasteiger partial charge is 0.407 e. The van der Waals surface area contributed by atoms with Gasteiger partial charge in [0.2, 0.25) is 16.0 Å². The van der Waals surface area contributed by atoms with E-state index in [1.165, 1.54) is 15.5 Å². The number of hydrogen-bond acceptors (Lipinski definition) is 7. The Bertz CT molecular complexity index is 905. The number of carbonyl (C=O) groups is 1. The lowest BCUT2D eigenvalue weighted by molar-refractivity contribution is -0.00744. The molecule has 1 aromatic heterocycles. The number of sulfonamides is 1. The molecule has 10 nitrogen and oxygen atoms in total. The van der Waals surface area contributed by atoms with Crippen LogP contribution in [-0.2, 0) is 27.7 Å². The Hall–Kier alpha value is -1.98. The molecule has 2 atom stereocenters. The Balaban J connectivity index is 1.24. The molecule has 30 heavy (non-hydrogen) atoms. The summed E-state index contributed by atoms with van der Waals surface area (Å²) >= 11 is 0. The number of ether oxygens (including phenoxy) is 1. The van der Waals surface area contributed by atoms with E-state index in [1.807, 2.05) is 6.92 Å². The number of aromatic nitrogens is 2. The number of carboxylic acid groups (broad SMARTS) is 1. The Morgan fingerprint density at radius 1 is 1.33 bits per heavy atom. The van der Waals surface area contributed by atoms with Gasteiger partial charge in [0.1, 0.15) is 0 Å². The van der Waals surface area contributed by atoms with Crippen molar-refractivity contribution >= 4 is 22.1 Å². The molecular weight excluding hydrogens is 410 g/mol. The lowest BCUT2D eigenvalue weighted by Crippen LogP contribution is -2.54. The molecule has 0 aliphatic carbocycles. The van der Waals surface area contributed by atoms with E-state index in [9.17, 15) is 13.2 Å². The van der Waals surface area contributed by atoms with Gasteiger partial charge in [0.25, 0.3) is 0 Å². The minimum absolute atomic E-state index is 0.0326. The second-order valence-corrected chi connectivity index (χ2v) is 10.5. The molecule has 3 aliphatic heterocycles. The zero-order chi connectivity index (χ0) is 21.5. The molecule has 1 amide bonds. The van der Waals surface area contributed by atoms with E-state index in [0.29, 0.717) is 44.5 Å². The molecule has 4 heterocycles. The lowest BCUT2D eigenvalue weighted by Gasteiger charge is -2.41. The fraction of sp³-hybridized carbons (Fsp3) is 0.737. The first-order valence-corrected chi connectivity index (χ1v) is 12.2. The monoisotopic (exact) mass is 439 g/mol. The van der Waals surface area contributed by atoms with E-state index in [4.69, 9.17) is 9.84 Å². The number of rotatable bonds is 5.